The molecule has 2 aliphatic heterocycles. The predicted octanol–water partition coefficient (Wildman–Crippen LogP) is 2.89. The number of benzene rings is 1. The van der Waals surface area contributed by atoms with Gasteiger partial charge in [0.2, 0.25) is 10.0 Å². The van der Waals surface area contributed by atoms with E-state index in [4.69, 9.17) is 14.7 Å². The maximum absolute atomic E-state index is 13.4. The largest absolute Gasteiger partial charge is 0.497 e. The van der Waals surface area contributed by atoms with Crippen molar-refractivity contribution < 1.29 is 13.2 Å². The van der Waals surface area contributed by atoms with Crippen LogP contribution in [0.1, 0.15) is 24.1 Å². The summed E-state index contributed by atoms with van der Waals surface area (Å²) < 4.78 is 33.5. The van der Waals surface area contributed by atoms with Crippen LogP contribution in [0.5, 0.6) is 5.75 Å². The molecule has 3 aromatic rings. The Balaban J connectivity index is 1.54. The molecular weight excluding hydrogens is 426 g/mol. The van der Waals surface area contributed by atoms with Crippen molar-refractivity contribution in [2.75, 3.05) is 31.6 Å². The van der Waals surface area contributed by atoms with Gasteiger partial charge in [-0.25, -0.2) is 18.4 Å². The van der Waals surface area contributed by atoms with Crippen molar-refractivity contribution in [1.29, 1.82) is 0 Å². The molecule has 0 N–H and O–H groups in total. The highest BCUT2D eigenvalue weighted by molar-refractivity contribution is 7.89. The summed E-state index contributed by atoms with van der Waals surface area (Å²) in [6.07, 6.45) is 6.22. The second-order valence-corrected chi connectivity index (χ2v) is 9.93. The van der Waals surface area contributed by atoms with Gasteiger partial charge in [0, 0.05) is 62.2 Å². The lowest BCUT2D eigenvalue weighted by Crippen LogP contribution is -2.38. The van der Waals surface area contributed by atoms with Gasteiger partial charge in [-0.3, -0.25) is 4.98 Å². The third-order valence-corrected chi connectivity index (χ3v) is 7.87. The van der Waals surface area contributed by atoms with Gasteiger partial charge >= 0.3 is 0 Å². The minimum atomic E-state index is -3.67. The number of anilines is 1. The van der Waals surface area contributed by atoms with Gasteiger partial charge in [-0.15, -0.1) is 0 Å². The number of fused-ring (bicyclic) bond motifs is 1. The van der Waals surface area contributed by atoms with Crippen LogP contribution in [0.25, 0.3) is 11.4 Å². The van der Waals surface area contributed by atoms with Gasteiger partial charge in [-0.05, 0) is 37.1 Å². The SMILES string of the molecule is COc1cccc(S(=O)(=O)N2CCc3nc(-c4ccncc4)nc(N4CCCC4)c3C2)c1. The van der Waals surface area contributed by atoms with E-state index < -0.39 is 10.0 Å². The molecule has 9 heteroatoms. The van der Waals surface area contributed by atoms with E-state index in [-0.39, 0.29) is 11.4 Å². The van der Waals surface area contributed by atoms with Crippen molar-refractivity contribution in [3.05, 3.63) is 60.0 Å². The summed E-state index contributed by atoms with van der Waals surface area (Å²) in [7, 11) is -2.14. The molecule has 2 aliphatic rings. The zero-order valence-corrected chi connectivity index (χ0v) is 18.8. The first-order chi connectivity index (χ1) is 15.6. The number of rotatable bonds is 5. The molecule has 0 amide bonds. The van der Waals surface area contributed by atoms with Crippen LogP contribution < -0.4 is 9.64 Å². The van der Waals surface area contributed by atoms with Gasteiger partial charge in [0.05, 0.1) is 17.7 Å². The van der Waals surface area contributed by atoms with Gasteiger partial charge in [0.1, 0.15) is 11.6 Å². The van der Waals surface area contributed by atoms with Gasteiger partial charge in [0.15, 0.2) is 5.82 Å². The molecule has 32 heavy (non-hydrogen) atoms. The van der Waals surface area contributed by atoms with E-state index >= 15 is 0 Å². The summed E-state index contributed by atoms with van der Waals surface area (Å²) >= 11 is 0. The molecular formula is C23H25N5O3S. The van der Waals surface area contributed by atoms with Gasteiger partial charge in [-0.2, -0.15) is 4.31 Å². The Bertz CT molecular complexity index is 1230. The van der Waals surface area contributed by atoms with Crippen LogP contribution in [0.15, 0.2) is 53.7 Å². The molecule has 0 bridgehead atoms. The van der Waals surface area contributed by atoms with Gasteiger partial charge < -0.3 is 9.64 Å². The molecule has 2 aromatic heterocycles. The van der Waals surface area contributed by atoms with Crippen molar-refractivity contribution in [3.8, 4) is 17.1 Å². The van der Waals surface area contributed by atoms with Crippen LogP contribution in [0, 0.1) is 0 Å². The number of nitrogens with zero attached hydrogens (tertiary/aromatic N) is 5. The van der Waals surface area contributed by atoms with Crippen LogP contribution in [-0.2, 0) is 23.0 Å². The first-order valence-electron chi connectivity index (χ1n) is 10.8. The van der Waals surface area contributed by atoms with Crippen LogP contribution in [0.4, 0.5) is 5.82 Å². The zero-order valence-electron chi connectivity index (χ0n) is 17.9. The molecule has 1 fully saturated rings. The molecule has 0 radical (unpaired) electrons. The minimum absolute atomic E-state index is 0.234. The maximum atomic E-state index is 13.4. The average molecular weight is 452 g/mol. The highest BCUT2D eigenvalue weighted by Crippen LogP contribution is 2.33. The minimum Gasteiger partial charge on any atom is -0.497 e. The van der Waals surface area contributed by atoms with E-state index in [2.05, 4.69) is 9.88 Å². The quantitative estimate of drug-likeness (QED) is 0.589. The fourth-order valence-electron chi connectivity index (χ4n) is 4.31. The lowest BCUT2D eigenvalue weighted by atomic mass is 10.1. The Morgan fingerprint density at radius 3 is 2.53 bits per heavy atom. The average Bonchev–Trinajstić information content (AvgIpc) is 3.38. The summed E-state index contributed by atoms with van der Waals surface area (Å²) in [5.41, 5.74) is 2.74. The first-order valence-corrected chi connectivity index (χ1v) is 12.2. The number of methoxy groups -OCH3 is 1. The van der Waals surface area contributed by atoms with E-state index in [1.807, 2.05) is 12.1 Å². The Morgan fingerprint density at radius 2 is 1.78 bits per heavy atom. The number of sulfonamides is 1. The monoisotopic (exact) mass is 451 g/mol. The molecule has 166 valence electrons. The fourth-order valence-corrected chi connectivity index (χ4v) is 5.75. The van der Waals surface area contributed by atoms with Crippen LogP contribution in [0.3, 0.4) is 0 Å². The molecule has 5 rings (SSSR count). The molecule has 1 aromatic carbocycles. The van der Waals surface area contributed by atoms with E-state index in [0.717, 1.165) is 48.6 Å². The van der Waals surface area contributed by atoms with Crippen molar-refractivity contribution in [3.63, 3.8) is 0 Å². The third-order valence-electron chi connectivity index (χ3n) is 6.03. The molecule has 0 unspecified atom stereocenters. The van der Waals surface area contributed by atoms with Crippen molar-refractivity contribution in [2.45, 2.75) is 30.7 Å². The molecule has 1 saturated heterocycles. The van der Waals surface area contributed by atoms with Crippen LogP contribution in [-0.4, -0.2) is 54.4 Å². The lowest BCUT2D eigenvalue weighted by molar-refractivity contribution is 0.385. The molecule has 0 spiro atoms. The van der Waals surface area contributed by atoms with E-state index in [1.165, 1.54) is 11.4 Å². The van der Waals surface area contributed by atoms with Crippen molar-refractivity contribution in [1.82, 2.24) is 19.3 Å². The number of ether oxygens (including phenoxy) is 1. The Morgan fingerprint density at radius 1 is 1.00 bits per heavy atom. The van der Waals surface area contributed by atoms with Crippen LogP contribution in [0.2, 0.25) is 0 Å². The number of pyridine rings is 1. The third kappa shape index (κ3) is 3.82. The van der Waals surface area contributed by atoms with E-state index in [9.17, 15) is 8.42 Å². The Hall–Kier alpha value is -3.04. The first kappa shape index (κ1) is 20.8. The topological polar surface area (TPSA) is 88.5 Å². The molecule has 4 heterocycles. The van der Waals surface area contributed by atoms with E-state index in [1.54, 1.807) is 36.7 Å². The smallest absolute Gasteiger partial charge is 0.243 e. The zero-order chi connectivity index (χ0) is 22.1. The summed E-state index contributed by atoms with van der Waals surface area (Å²) in [6.45, 7) is 2.47. The number of aromatic nitrogens is 3. The fraction of sp³-hybridized carbons (Fsp3) is 0.348. The van der Waals surface area contributed by atoms with Crippen LogP contribution >= 0.6 is 0 Å². The summed E-state index contributed by atoms with van der Waals surface area (Å²) in [6, 6.07) is 10.4. The summed E-state index contributed by atoms with van der Waals surface area (Å²) in [5, 5.41) is 0. The van der Waals surface area contributed by atoms with Crippen molar-refractivity contribution in [2.24, 2.45) is 0 Å². The Labute approximate surface area is 188 Å². The standard InChI is InChI=1S/C23H25N5O3S/c1-31-18-5-4-6-19(15-18)32(29,30)28-14-9-21-20(16-28)23(27-12-2-3-13-27)26-22(25-21)17-7-10-24-11-8-17/h4-8,10-11,15H,2-3,9,12-14,16H2,1H3. The molecule has 0 atom stereocenters. The second-order valence-electron chi connectivity index (χ2n) is 7.99. The predicted molar refractivity (Wildman–Crippen MR) is 121 cm³/mol. The lowest BCUT2D eigenvalue weighted by Gasteiger charge is -2.31. The maximum Gasteiger partial charge on any atom is 0.243 e. The van der Waals surface area contributed by atoms with Gasteiger partial charge in [-0.1, -0.05) is 6.07 Å². The highest BCUT2D eigenvalue weighted by Gasteiger charge is 2.33. The summed E-state index contributed by atoms with van der Waals surface area (Å²) in [5.74, 6) is 2.04. The van der Waals surface area contributed by atoms with E-state index in [0.29, 0.717) is 24.5 Å². The second kappa shape index (κ2) is 8.48. The van der Waals surface area contributed by atoms with Gasteiger partial charge in [0.25, 0.3) is 0 Å². The number of hydrogen-bond acceptors (Lipinski definition) is 7. The number of hydrogen-bond donors (Lipinski definition) is 0. The van der Waals surface area contributed by atoms with Crippen molar-refractivity contribution >= 4 is 15.8 Å². The highest BCUT2D eigenvalue weighted by atomic mass is 32.2. The molecule has 0 aliphatic carbocycles. The molecule has 8 nitrogen and oxygen atoms in total. The molecule has 0 saturated carbocycles. The Kier molecular flexibility index (Phi) is 5.52. The summed E-state index contributed by atoms with van der Waals surface area (Å²) in [4.78, 5) is 16.3. The normalized spacial score (nSPS) is 16.7.